The third-order valence-corrected chi connectivity index (χ3v) is 5.39. The fourth-order valence-electron chi connectivity index (χ4n) is 4.01. The van der Waals surface area contributed by atoms with Crippen LogP contribution in [0.4, 0.5) is 0 Å². The van der Waals surface area contributed by atoms with E-state index in [1.807, 2.05) is 0 Å². The standard InChI is InChI=1S/C16H30N2/c1-13(14-6-4-2-3-5-7-14)17-15-10-11-18(12-15)16-8-9-16/h13-17H,2-12H2,1H3/t13-,15?/m1/s1. The Morgan fingerprint density at radius 1 is 0.944 bits per heavy atom. The van der Waals surface area contributed by atoms with Crippen molar-refractivity contribution in [2.75, 3.05) is 13.1 Å². The number of hydrogen-bond donors (Lipinski definition) is 1. The number of hydrogen-bond acceptors (Lipinski definition) is 2. The number of likely N-dealkylation sites (tertiary alicyclic amines) is 1. The van der Waals surface area contributed by atoms with Crippen molar-refractivity contribution >= 4 is 0 Å². The monoisotopic (exact) mass is 250 g/mol. The summed E-state index contributed by atoms with van der Waals surface area (Å²) in [6.45, 7) is 5.11. The predicted molar refractivity (Wildman–Crippen MR) is 76.8 cm³/mol. The molecule has 3 aliphatic rings. The van der Waals surface area contributed by atoms with Crippen LogP contribution >= 0.6 is 0 Å². The Morgan fingerprint density at radius 2 is 1.67 bits per heavy atom. The molecule has 3 fully saturated rings. The molecule has 104 valence electrons. The average Bonchev–Trinajstić information content (AvgIpc) is 3.16. The summed E-state index contributed by atoms with van der Waals surface area (Å²) < 4.78 is 0. The van der Waals surface area contributed by atoms with E-state index in [9.17, 15) is 0 Å². The summed E-state index contributed by atoms with van der Waals surface area (Å²) in [5.74, 6) is 0.947. The van der Waals surface area contributed by atoms with Crippen molar-refractivity contribution < 1.29 is 0 Å². The first-order chi connectivity index (χ1) is 8.83. The Morgan fingerprint density at radius 3 is 2.33 bits per heavy atom. The van der Waals surface area contributed by atoms with Gasteiger partial charge in [-0.25, -0.2) is 0 Å². The van der Waals surface area contributed by atoms with Gasteiger partial charge in [-0.15, -0.1) is 0 Å². The molecule has 0 radical (unpaired) electrons. The van der Waals surface area contributed by atoms with E-state index < -0.39 is 0 Å². The van der Waals surface area contributed by atoms with Crippen LogP contribution in [-0.4, -0.2) is 36.1 Å². The highest BCUT2D eigenvalue weighted by atomic mass is 15.2. The molecular formula is C16H30N2. The summed E-state index contributed by atoms with van der Waals surface area (Å²) in [6.07, 6.45) is 13.1. The minimum atomic E-state index is 0.743. The highest BCUT2D eigenvalue weighted by Gasteiger charge is 2.35. The summed E-state index contributed by atoms with van der Waals surface area (Å²) in [5, 5.41) is 3.95. The average molecular weight is 250 g/mol. The van der Waals surface area contributed by atoms with E-state index in [1.165, 1.54) is 70.9 Å². The van der Waals surface area contributed by atoms with Crippen molar-refractivity contribution in [1.29, 1.82) is 0 Å². The van der Waals surface area contributed by atoms with Crippen molar-refractivity contribution in [3.8, 4) is 0 Å². The lowest BCUT2D eigenvalue weighted by molar-refractivity contribution is 0.286. The summed E-state index contributed by atoms with van der Waals surface area (Å²) in [5.41, 5.74) is 0. The van der Waals surface area contributed by atoms with Crippen LogP contribution < -0.4 is 5.32 Å². The molecule has 1 unspecified atom stereocenters. The van der Waals surface area contributed by atoms with Gasteiger partial charge in [0.15, 0.2) is 0 Å². The van der Waals surface area contributed by atoms with Crippen molar-refractivity contribution in [2.24, 2.45) is 5.92 Å². The van der Waals surface area contributed by atoms with E-state index in [0.717, 1.165) is 24.0 Å². The summed E-state index contributed by atoms with van der Waals surface area (Å²) in [7, 11) is 0. The lowest BCUT2D eigenvalue weighted by atomic mass is 9.92. The molecule has 1 heterocycles. The van der Waals surface area contributed by atoms with Crippen molar-refractivity contribution in [3.63, 3.8) is 0 Å². The Kier molecular flexibility index (Phi) is 4.25. The largest absolute Gasteiger partial charge is 0.310 e. The molecule has 0 bridgehead atoms. The third-order valence-electron chi connectivity index (χ3n) is 5.39. The molecule has 18 heavy (non-hydrogen) atoms. The van der Waals surface area contributed by atoms with Crippen LogP contribution in [-0.2, 0) is 0 Å². The van der Waals surface area contributed by atoms with Crippen LogP contribution in [0.2, 0.25) is 0 Å². The molecule has 0 aromatic rings. The fraction of sp³-hybridized carbons (Fsp3) is 1.00. The van der Waals surface area contributed by atoms with E-state index in [4.69, 9.17) is 0 Å². The molecule has 2 saturated carbocycles. The van der Waals surface area contributed by atoms with Gasteiger partial charge in [-0.1, -0.05) is 25.7 Å². The van der Waals surface area contributed by atoms with Crippen molar-refractivity contribution in [1.82, 2.24) is 10.2 Å². The quantitative estimate of drug-likeness (QED) is 0.771. The molecule has 0 amide bonds. The number of nitrogens with zero attached hydrogens (tertiary/aromatic N) is 1. The van der Waals surface area contributed by atoms with Crippen LogP contribution in [0.15, 0.2) is 0 Å². The zero-order chi connectivity index (χ0) is 12.4. The summed E-state index contributed by atoms with van der Waals surface area (Å²) in [4.78, 5) is 2.72. The topological polar surface area (TPSA) is 15.3 Å². The normalized spacial score (nSPS) is 33.5. The first-order valence-electron chi connectivity index (χ1n) is 8.33. The van der Waals surface area contributed by atoms with Crippen molar-refractivity contribution in [2.45, 2.75) is 82.8 Å². The molecule has 0 spiro atoms. The van der Waals surface area contributed by atoms with Crippen LogP contribution in [0.1, 0.15) is 64.7 Å². The molecule has 0 aromatic heterocycles. The van der Waals surface area contributed by atoms with Crippen LogP contribution in [0.5, 0.6) is 0 Å². The van der Waals surface area contributed by atoms with Gasteiger partial charge in [-0.2, -0.15) is 0 Å². The number of nitrogens with one attached hydrogen (secondary N) is 1. The second kappa shape index (κ2) is 5.92. The molecule has 1 N–H and O–H groups in total. The second-order valence-electron chi connectivity index (χ2n) is 6.92. The smallest absolute Gasteiger partial charge is 0.0209 e. The first kappa shape index (κ1) is 12.9. The van der Waals surface area contributed by atoms with Gasteiger partial charge in [0.05, 0.1) is 0 Å². The minimum absolute atomic E-state index is 0.743. The zero-order valence-corrected chi connectivity index (χ0v) is 12.0. The summed E-state index contributed by atoms with van der Waals surface area (Å²) in [6, 6.07) is 2.49. The van der Waals surface area contributed by atoms with Crippen LogP contribution in [0, 0.1) is 5.92 Å². The van der Waals surface area contributed by atoms with Gasteiger partial charge in [-0.05, 0) is 44.9 Å². The third kappa shape index (κ3) is 3.27. The second-order valence-corrected chi connectivity index (χ2v) is 6.92. The maximum atomic E-state index is 3.95. The Bertz CT molecular complexity index is 254. The first-order valence-corrected chi connectivity index (χ1v) is 8.33. The zero-order valence-electron chi connectivity index (χ0n) is 12.0. The van der Waals surface area contributed by atoms with E-state index in [2.05, 4.69) is 17.1 Å². The van der Waals surface area contributed by atoms with E-state index in [-0.39, 0.29) is 0 Å². The lowest BCUT2D eigenvalue weighted by Gasteiger charge is -2.27. The molecule has 0 aromatic carbocycles. The van der Waals surface area contributed by atoms with Gasteiger partial charge < -0.3 is 5.32 Å². The van der Waals surface area contributed by atoms with Gasteiger partial charge >= 0.3 is 0 Å². The van der Waals surface area contributed by atoms with Gasteiger partial charge in [0.25, 0.3) is 0 Å². The van der Waals surface area contributed by atoms with Gasteiger partial charge in [-0.3, -0.25) is 4.90 Å². The highest BCUT2D eigenvalue weighted by Crippen LogP contribution is 2.31. The SMILES string of the molecule is C[C@@H](NC1CCN(C2CC2)C1)C1CCCCCC1. The molecule has 2 atom stereocenters. The van der Waals surface area contributed by atoms with E-state index in [0.29, 0.717) is 0 Å². The van der Waals surface area contributed by atoms with E-state index >= 15 is 0 Å². The van der Waals surface area contributed by atoms with Gasteiger partial charge in [0, 0.05) is 31.2 Å². The molecule has 2 heteroatoms. The fourth-order valence-corrected chi connectivity index (χ4v) is 4.01. The van der Waals surface area contributed by atoms with Crippen LogP contribution in [0.3, 0.4) is 0 Å². The highest BCUT2D eigenvalue weighted by molar-refractivity contribution is 4.93. The minimum Gasteiger partial charge on any atom is -0.310 e. The lowest BCUT2D eigenvalue weighted by Crippen LogP contribution is -2.42. The van der Waals surface area contributed by atoms with Gasteiger partial charge in [0.1, 0.15) is 0 Å². The Hall–Kier alpha value is -0.0800. The Balaban J connectivity index is 1.43. The molecule has 1 saturated heterocycles. The number of rotatable bonds is 4. The molecule has 2 aliphatic carbocycles. The van der Waals surface area contributed by atoms with Crippen molar-refractivity contribution in [3.05, 3.63) is 0 Å². The molecule has 1 aliphatic heterocycles. The molecule has 2 nitrogen and oxygen atoms in total. The summed E-state index contributed by atoms with van der Waals surface area (Å²) >= 11 is 0. The maximum Gasteiger partial charge on any atom is 0.0209 e. The van der Waals surface area contributed by atoms with E-state index in [1.54, 1.807) is 0 Å². The Labute approximate surface area is 113 Å². The molecular weight excluding hydrogens is 220 g/mol. The predicted octanol–water partition coefficient (Wildman–Crippen LogP) is 3.17. The maximum absolute atomic E-state index is 3.95. The van der Waals surface area contributed by atoms with Gasteiger partial charge in [0.2, 0.25) is 0 Å². The molecule has 3 rings (SSSR count). The van der Waals surface area contributed by atoms with Crippen LogP contribution in [0.25, 0.3) is 0 Å².